The Labute approximate surface area is 203 Å². The summed E-state index contributed by atoms with van der Waals surface area (Å²) in [6.45, 7) is 7.58. The number of rotatable bonds is 9. The summed E-state index contributed by atoms with van der Waals surface area (Å²) in [5.74, 6) is 0.160. The number of fused-ring (bicyclic) bond motifs is 1. The predicted molar refractivity (Wildman–Crippen MR) is 135 cm³/mol. The van der Waals surface area contributed by atoms with Gasteiger partial charge in [-0.05, 0) is 51.0 Å². The van der Waals surface area contributed by atoms with Crippen LogP contribution in [0.25, 0.3) is 10.9 Å². The molecule has 33 heavy (non-hydrogen) atoms. The van der Waals surface area contributed by atoms with Crippen molar-refractivity contribution in [3.8, 4) is 0 Å². The summed E-state index contributed by atoms with van der Waals surface area (Å²) in [7, 11) is 1.63. The first-order valence-electron chi connectivity index (χ1n) is 10.9. The molecule has 1 amide bonds. The Morgan fingerprint density at radius 2 is 1.91 bits per heavy atom. The van der Waals surface area contributed by atoms with Gasteiger partial charge < -0.3 is 9.64 Å². The third-order valence-electron chi connectivity index (χ3n) is 5.23. The van der Waals surface area contributed by atoms with Crippen molar-refractivity contribution in [1.82, 2.24) is 14.5 Å². The fourth-order valence-electron chi connectivity index (χ4n) is 3.52. The number of thioether (sulfide) groups is 1. The number of ether oxygens (including phenoxy) is 1. The molecule has 0 N–H and O–H groups in total. The molecule has 2 aromatic carbocycles. The SMILES string of the molecule is COCCCn1c(SCC(=O)N(Cc2ccccc2)C(C)(C)C)nc2cc(Cl)ccc2c1=O. The van der Waals surface area contributed by atoms with Crippen LogP contribution >= 0.6 is 23.4 Å². The molecule has 0 aliphatic heterocycles. The minimum absolute atomic E-state index is 0.0137. The van der Waals surface area contributed by atoms with Crippen molar-refractivity contribution in [2.45, 2.75) is 51.0 Å². The number of benzene rings is 2. The van der Waals surface area contributed by atoms with Crippen LogP contribution in [0.3, 0.4) is 0 Å². The summed E-state index contributed by atoms with van der Waals surface area (Å²) >= 11 is 7.41. The molecular formula is C25H30ClN3O3S. The number of methoxy groups -OCH3 is 1. The molecule has 0 aliphatic rings. The maximum absolute atomic E-state index is 13.3. The highest BCUT2D eigenvalue weighted by Crippen LogP contribution is 2.24. The second-order valence-corrected chi connectivity index (χ2v) is 10.2. The first kappa shape index (κ1) is 25.3. The highest BCUT2D eigenvalue weighted by atomic mass is 35.5. The molecule has 3 rings (SSSR count). The van der Waals surface area contributed by atoms with Gasteiger partial charge in [0.2, 0.25) is 5.91 Å². The van der Waals surface area contributed by atoms with E-state index in [1.807, 2.05) is 56.0 Å². The lowest BCUT2D eigenvalue weighted by atomic mass is 10.0. The van der Waals surface area contributed by atoms with Crippen molar-refractivity contribution in [1.29, 1.82) is 0 Å². The average molecular weight is 488 g/mol. The van der Waals surface area contributed by atoms with Gasteiger partial charge >= 0.3 is 0 Å². The first-order valence-corrected chi connectivity index (χ1v) is 12.2. The molecule has 0 bridgehead atoms. The number of halogens is 1. The molecule has 0 radical (unpaired) electrons. The van der Waals surface area contributed by atoms with Crippen molar-refractivity contribution < 1.29 is 9.53 Å². The highest BCUT2D eigenvalue weighted by molar-refractivity contribution is 7.99. The molecule has 0 atom stereocenters. The molecule has 1 heterocycles. The lowest BCUT2D eigenvalue weighted by Crippen LogP contribution is -2.46. The number of hydrogen-bond donors (Lipinski definition) is 0. The molecular weight excluding hydrogens is 458 g/mol. The molecule has 0 saturated heterocycles. The second kappa shape index (κ2) is 11.2. The number of carbonyl (C=O) groups excluding carboxylic acids is 1. The molecule has 0 unspecified atom stereocenters. The zero-order valence-electron chi connectivity index (χ0n) is 19.5. The van der Waals surface area contributed by atoms with Gasteiger partial charge in [-0.1, -0.05) is 53.7 Å². The number of nitrogens with zero attached hydrogens (tertiary/aromatic N) is 3. The van der Waals surface area contributed by atoms with Gasteiger partial charge in [-0.15, -0.1) is 0 Å². The van der Waals surface area contributed by atoms with Gasteiger partial charge in [0.05, 0.1) is 16.7 Å². The van der Waals surface area contributed by atoms with E-state index >= 15 is 0 Å². The molecule has 3 aromatic rings. The van der Waals surface area contributed by atoms with E-state index in [1.165, 1.54) is 11.8 Å². The molecule has 0 spiro atoms. The fraction of sp³-hybridized carbons (Fsp3) is 0.400. The van der Waals surface area contributed by atoms with Gasteiger partial charge in [-0.25, -0.2) is 4.98 Å². The monoisotopic (exact) mass is 487 g/mol. The van der Waals surface area contributed by atoms with E-state index in [-0.39, 0.29) is 22.8 Å². The van der Waals surface area contributed by atoms with Crippen LogP contribution < -0.4 is 5.56 Å². The van der Waals surface area contributed by atoms with E-state index in [4.69, 9.17) is 16.3 Å². The highest BCUT2D eigenvalue weighted by Gasteiger charge is 2.27. The predicted octanol–water partition coefficient (Wildman–Crippen LogP) is 5.01. The molecule has 0 fully saturated rings. The van der Waals surface area contributed by atoms with Crippen molar-refractivity contribution in [3.63, 3.8) is 0 Å². The summed E-state index contributed by atoms with van der Waals surface area (Å²) in [6.07, 6.45) is 0.667. The van der Waals surface area contributed by atoms with Crippen LogP contribution in [-0.2, 0) is 22.6 Å². The van der Waals surface area contributed by atoms with Crippen LogP contribution in [0.2, 0.25) is 5.02 Å². The molecule has 1 aromatic heterocycles. The standard InChI is InChI=1S/C25H30ClN3O3S/c1-25(2,3)29(16-18-9-6-5-7-10-18)22(30)17-33-24-27-21-15-19(26)11-12-20(21)23(31)28(24)13-8-14-32-4/h5-7,9-12,15H,8,13-14,16-17H2,1-4H3. The third-order valence-corrected chi connectivity index (χ3v) is 6.43. The van der Waals surface area contributed by atoms with E-state index in [9.17, 15) is 9.59 Å². The van der Waals surface area contributed by atoms with Crippen LogP contribution in [0.5, 0.6) is 0 Å². The molecule has 6 nitrogen and oxygen atoms in total. The lowest BCUT2D eigenvalue weighted by molar-refractivity contribution is -0.133. The molecule has 176 valence electrons. The summed E-state index contributed by atoms with van der Waals surface area (Å²) < 4.78 is 6.78. The zero-order chi connectivity index (χ0) is 24.0. The zero-order valence-corrected chi connectivity index (χ0v) is 21.1. The number of carbonyl (C=O) groups is 1. The third kappa shape index (κ3) is 6.59. The summed E-state index contributed by atoms with van der Waals surface area (Å²) in [5, 5.41) is 1.53. The quantitative estimate of drug-likeness (QED) is 0.241. The second-order valence-electron chi connectivity index (χ2n) is 8.78. The van der Waals surface area contributed by atoms with Crippen LogP contribution in [0.15, 0.2) is 58.5 Å². The van der Waals surface area contributed by atoms with E-state index in [1.54, 1.807) is 29.9 Å². The summed E-state index contributed by atoms with van der Waals surface area (Å²) in [5.41, 5.74) is 1.11. The number of amides is 1. The minimum atomic E-state index is -0.351. The van der Waals surface area contributed by atoms with Crippen LogP contribution in [-0.4, -0.2) is 45.4 Å². The number of hydrogen-bond acceptors (Lipinski definition) is 5. The molecule has 8 heteroatoms. The Kier molecular flexibility index (Phi) is 8.57. The van der Waals surface area contributed by atoms with E-state index < -0.39 is 0 Å². The van der Waals surface area contributed by atoms with E-state index in [2.05, 4.69) is 4.98 Å². The Bertz CT molecular complexity index is 1160. The smallest absolute Gasteiger partial charge is 0.262 e. The van der Waals surface area contributed by atoms with Crippen LogP contribution in [0, 0.1) is 0 Å². The van der Waals surface area contributed by atoms with Crippen molar-refractivity contribution in [3.05, 3.63) is 69.5 Å². The maximum atomic E-state index is 13.3. The van der Waals surface area contributed by atoms with Crippen molar-refractivity contribution in [2.75, 3.05) is 19.5 Å². The normalized spacial score (nSPS) is 11.7. The van der Waals surface area contributed by atoms with Gasteiger partial charge in [0.25, 0.3) is 5.56 Å². The van der Waals surface area contributed by atoms with Gasteiger partial charge in [0, 0.05) is 37.4 Å². The molecule has 0 saturated carbocycles. The van der Waals surface area contributed by atoms with Gasteiger partial charge in [-0.2, -0.15) is 0 Å². The van der Waals surface area contributed by atoms with Crippen LogP contribution in [0.4, 0.5) is 0 Å². The van der Waals surface area contributed by atoms with E-state index in [0.29, 0.717) is 47.2 Å². The van der Waals surface area contributed by atoms with Gasteiger partial charge in [-0.3, -0.25) is 14.2 Å². The van der Waals surface area contributed by atoms with Gasteiger partial charge in [0.1, 0.15) is 0 Å². The summed E-state index contributed by atoms with van der Waals surface area (Å²) in [4.78, 5) is 33.0. The Morgan fingerprint density at radius 3 is 2.58 bits per heavy atom. The topological polar surface area (TPSA) is 64.4 Å². The lowest BCUT2D eigenvalue weighted by Gasteiger charge is -2.36. The van der Waals surface area contributed by atoms with Crippen molar-refractivity contribution in [2.24, 2.45) is 0 Å². The minimum Gasteiger partial charge on any atom is -0.385 e. The Hall–Kier alpha value is -2.35. The summed E-state index contributed by atoms with van der Waals surface area (Å²) in [6, 6.07) is 15.0. The van der Waals surface area contributed by atoms with Crippen LogP contribution in [0.1, 0.15) is 32.8 Å². The largest absolute Gasteiger partial charge is 0.385 e. The fourth-order valence-corrected chi connectivity index (χ4v) is 4.59. The Morgan fingerprint density at radius 1 is 1.18 bits per heavy atom. The first-order chi connectivity index (χ1) is 15.7. The average Bonchev–Trinajstić information content (AvgIpc) is 2.77. The van der Waals surface area contributed by atoms with E-state index in [0.717, 1.165) is 5.56 Å². The number of aromatic nitrogens is 2. The van der Waals surface area contributed by atoms with Gasteiger partial charge in [0.15, 0.2) is 5.16 Å². The molecule has 0 aliphatic carbocycles. The Balaban J connectivity index is 1.87. The van der Waals surface area contributed by atoms with Crippen molar-refractivity contribution >= 4 is 40.2 Å². The maximum Gasteiger partial charge on any atom is 0.262 e.